The maximum absolute atomic E-state index is 13.0. The van der Waals surface area contributed by atoms with E-state index in [2.05, 4.69) is 27.2 Å². The molecule has 13 nitrogen and oxygen atoms in total. The summed E-state index contributed by atoms with van der Waals surface area (Å²) in [6.45, 7) is 7.73. The molecule has 220 valence electrons. The minimum atomic E-state index is -0.692. The van der Waals surface area contributed by atoms with Crippen molar-refractivity contribution in [3.63, 3.8) is 0 Å². The number of carbonyl (C=O) groups is 4. The van der Waals surface area contributed by atoms with Crippen molar-refractivity contribution < 1.29 is 33.4 Å². The van der Waals surface area contributed by atoms with E-state index in [0.29, 0.717) is 56.9 Å². The van der Waals surface area contributed by atoms with Gasteiger partial charge in [0, 0.05) is 55.1 Å². The monoisotopic (exact) mass is 568 g/mol. The molecule has 2 aliphatic heterocycles. The number of hydrogen-bond acceptors (Lipinski definition) is 8. The van der Waals surface area contributed by atoms with E-state index in [4.69, 9.17) is 19.7 Å². The first kappa shape index (κ1) is 31.4. The summed E-state index contributed by atoms with van der Waals surface area (Å²) in [5.41, 5.74) is 9.51. The summed E-state index contributed by atoms with van der Waals surface area (Å²) >= 11 is 0. The fraction of sp³-hybridized carbons (Fsp3) is 0.571. The molecule has 0 bridgehead atoms. The van der Waals surface area contributed by atoms with Crippen LogP contribution < -0.4 is 5.32 Å². The Morgan fingerprint density at radius 3 is 2.63 bits per heavy atom. The van der Waals surface area contributed by atoms with E-state index in [0.717, 1.165) is 5.56 Å². The summed E-state index contributed by atoms with van der Waals surface area (Å²) in [6, 6.07) is 4.59. The van der Waals surface area contributed by atoms with Crippen LogP contribution in [0.2, 0.25) is 0 Å². The van der Waals surface area contributed by atoms with Crippen molar-refractivity contribution in [1.82, 2.24) is 15.1 Å². The van der Waals surface area contributed by atoms with Gasteiger partial charge in [-0.05, 0) is 50.4 Å². The molecule has 2 heterocycles. The number of nitrogens with zero attached hydrogens (tertiary/aromatic N) is 5. The highest BCUT2D eigenvalue weighted by molar-refractivity contribution is 6.05. The topological polar surface area (TPSA) is 163 Å². The zero-order valence-corrected chi connectivity index (χ0v) is 23.7. The Balaban J connectivity index is 1.57. The van der Waals surface area contributed by atoms with Gasteiger partial charge in [-0.2, -0.15) is 0 Å². The van der Waals surface area contributed by atoms with Gasteiger partial charge < -0.3 is 24.0 Å². The largest absolute Gasteiger partial charge is 0.444 e. The number of imide groups is 1. The molecule has 1 atom stereocenters. The highest BCUT2D eigenvalue weighted by Gasteiger charge is 2.39. The molecule has 1 aromatic carbocycles. The lowest BCUT2D eigenvalue weighted by atomic mass is 10.0. The third-order valence-corrected chi connectivity index (χ3v) is 6.24. The van der Waals surface area contributed by atoms with E-state index >= 15 is 0 Å². The summed E-state index contributed by atoms with van der Waals surface area (Å²) in [4.78, 5) is 55.3. The van der Waals surface area contributed by atoms with Crippen LogP contribution in [-0.2, 0) is 30.3 Å². The zero-order valence-electron chi connectivity index (χ0n) is 23.7. The van der Waals surface area contributed by atoms with Gasteiger partial charge >= 0.3 is 6.09 Å². The van der Waals surface area contributed by atoms with Gasteiger partial charge in [-0.15, -0.1) is 0 Å². The number of carbonyl (C=O) groups excluding carboxylic acids is 4. The van der Waals surface area contributed by atoms with Crippen molar-refractivity contribution >= 4 is 23.8 Å². The summed E-state index contributed by atoms with van der Waals surface area (Å²) in [6.07, 6.45) is 0.366. The van der Waals surface area contributed by atoms with Crippen molar-refractivity contribution in [3.05, 3.63) is 45.3 Å². The standard InChI is InChI=1S/C28H36N6O7/c1-28(2,3)41-27(38)33(14-16-40-18-17-39-15-12-30-32-29)13-5-4-7-20-8-6-9-21-22(20)19-34(26(21)37)23-10-11-24(35)31-25(23)36/h6,8-9,23H,5,10-19H2,1-3H3,(H,31,35,36). The fourth-order valence-corrected chi connectivity index (χ4v) is 4.32. The van der Waals surface area contributed by atoms with Crippen LogP contribution in [0.15, 0.2) is 23.3 Å². The SMILES string of the molecule is CC(C)(C)OC(=O)N(CCC#Cc1cccc2c1CN(C1CCC(=O)NC1=O)C2=O)CCOCCOCCN=[N+]=[N-]. The summed E-state index contributed by atoms with van der Waals surface area (Å²) in [7, 11) is 0. The zero-order chi connectivity index (χ0) is 29.8. The molecule has 41 heavy (non-hydrogen) atoms. The number of azide groups is 1. The van der Waals surface area contributed by atoms with Gasteiger partial charge in [-0.1, -0.05) is 23.0 Å². The van der Waals surface area contributed by atoms with Gasteiger partial charge in [0.2, 0.25) is 11.8 Å². The van der Waals surface area contributed by atoms with Crippen LogP contribution in [0.4, 0.5) is 4.79 Å². The minimum Gasteiger partial charge on any atom is -0.444 e. The van der Waals surface area contributed by atoms with Gasteiger partial charge in [0.05, 0.1) is 26.4 Å². The van der Waals surface area contributed by atoms with Crippen molar-refractivity contribution in [2.75, 3.05) is 46.1 Å². The number of nitrogens with one attached hydrogen (secondary N) is 1. The van der Waals surface area contributed by atoms with Crippen LogP contribution in [0.3, 0.4) is 0 Å². The van der Waals surface area contributed by atoms with Gasteiger partial charge in [0.15, 0.2) is 0 Å². The number of benzene rings is 1. The van der Waals surface area contributed by atoms with Gasteiger partial charge in [0.1, 0.15) is 11.6 Å². The van der Waals surface area contributed by atoms with E-state index in [1.54, 1.807) is 32.9 Å². The first-order valence-electron chi connectivity index (χ1n) is 13.5. The Morgan fingerprint density at radius 2 is 1.93 bits per heavy atom. The van der Waals surface area contributed by atoms with Crippen molar-refractivity contribution in [2.24, 2.45) is 5.11 Å². The van der Waals surface area contributed by atoms with Gasteiger partial charge in [-0.25, -0.2) is 4.79 Å². The van der Waals surface area contributed by atoms with Crippen molar-refractivity contribution in [1.29, 1.82) is 0 Å². The number of ether oxygens (including phenoxy) is 3. The second-order valence-corrected chi connectivity index (χ2v) is 10.4. The predicted octanol–water partition coefficient (Wildman–Crippen LogP) is 2.77. The quantitative estimate of drug-likeness (QED) is 0.101. The lowest BCUT2D eigenvalue weighted by molar-refractivity contribution is -0.136. The van der Waals surface area contributed by atoms with E-state index in [9.17, 15) is 19.2 Å². The first-order valence-corrected chi connectivity index (χ1v) is 13.5. The predicted molar refractivity (Wildman–Crippen MR) is 147 cm³/mol. The van der Waals surface area contributed by atoms with Crippen LogP contribution in [0.25, 0.3) is 10.4 Å². The molecule has 1 fully saturated rings. The first-order chi connectivity index (χ1) is 19.6. The molecule has 1 unspecified atom stereocenters. The Labute approximate surface area is 239 Å². The van der Waals surface area contributed by atoms with Crippen molar-refractivity contribution in [3.8, 4) is 11.8 Å². The molecule has 3 rings (SSSR count). The van der Waals surface area contributed by atoms with E-state index in [-0.39, 0.29) is 37.9 Å². The Kier molecular flexibility index (Phi) is 11.5. The average Bonchev–Trinajstić information content (AvgIpc) is 3.24. The second kappa shape index (κ2) is 15.0. The van der Waals surface area contributed by atoms with Crippen LogP contribution in [-0.4, -0.2) is 91.3 Å². The maximum atomic E-state index is 13.0. The Morgan fingerprint density at radius 1 is 1.17 bits per heavy atom. The van der Waals surface area contributed by atoms with Gasteiger partial charge in [0.25, 0.3) is 5.91 Å². The Bertz CT molecular complexity index is 1240. The number of rotatable bonds is 12. The summed E-state index contributed by atoms with van der Waals surface area (Å²) in [5, 5.41) is 5.69. The molecule has 13 heteroatoms. The highest BCUT2D eigenvalue weighted by Crippen LogP contribution is 2.29. The third kappa shape index (κ3) is 9.49. The van der Waals surface area contributed by atoms with E-state index < -0.39 is 23.6 Å². The smallest absolute Gasteiger partial charge is 0.410 e. The lowest BCUT2D eigenvalue weighted by Crippen LogP contribution is -2.52. The van der Waals surface area contributed by atoms with Crippen LogP contribution in [0.5, 0.6) is 0 Å². The van der Waals surface area contributed by atoms with Crippen LogP contribution in [0, 0.1) is 11.8 Å². The molecule has 0 aliphatic carbocycles. The molecule has 1 saturated heterocycles. The summed E-state index contributed by atoms with van der Waals surface area (Å²) < 4.78 is 16.4. The third-order valence-electron chi connectivity index (χ3n) is 6.24. The summed E-state index contributed by atoms with van der Waals surface area (Å²) in [5.74, 6) is 5.16. The number of fused-ring (bicyclic) bond motifs is 1. The van der Waals surface area contributed by atoms with E-state index in [1.807, 2.05) is 6.07 Å². The molecule has 0 saturated carbocycles. The molecule has 1 N–H and O–H groups in total. The van der Waals surface area contributed by atoms with Gasteiger partial charge in [-0.3, -0.25) is 19.7 Å². The highest BCUT2D eigenvalue weighted by atomic mass is 16.6. The molecule has 1 aromatic rings. The van der Waals surface area contributed by atoms with Crippen LogP contribution in [0.1, 0.15) is 61.5 Å². The lowest BCUT2D eigenvalue weighted by Gasteiger charge is -2.29. The molecular weight excluding hydrogens is 532 g/mol. The fourth-order valence-electron chi connectivity index (χ4n) is 4.32. The number of hydrogen-bond donors (Lipinski definition) is 1. The molecule has 0 aromatic heterocycles. The van der Waals surface area contributed by atoms with E-state index in [1.165, 1.54) is 9.80 Å². The van der Waals surface area contributed by atoms with Crippen molar-refractivity contribution in [2.45, 2.75) is 58.2 Å². The molecule has 0 radical (unpaired) electrons. The molecule has 4 amide bonds. The molecule has 0 spiro atoms. The maximum Gasteiger partial charge on any atom is 0.410 e. The number of amides is 4. The molecule has 2 aliphatic rings. The van der Waals surface area contributed by atoms with Crippen LogP contribution >= 0.6 is 0 Å². The minimum absolute atomic E-state index is 0.190. The second-order valence-electron chi connectivity index (χ2n) is 10.4. The molecular formula is C28H36N6O7. The number of piperidine rings is 1. The Hall–Kier alpha value is -4.11. The normalized spacial score (nSPS) is 16.3. The average molecular weight is 569 g/mol.